The summed E-state index contributed by atoms with van der Waals surface area (Å²) in [4.78, 5) is 18.5. The second-order valence-corrected chi connectivity index (χ2v) is 17.5. The number of carbonyl (C=O) groups is 1. The van der Waals surface area contributed by atoms with E-state index in [-0.39, 0.29) is 30.4 Å². The van der Waals surface area contributed by atoms with Gasteiger partial charge in [0.05, 0.1) is 18.8 Å². The third kappa shape index (κ3) is 8.08. The Morgan fingerprint density at radius 3 is 2.19 bits per heavy atom. The highest BCUT2D eigenvalue weighted by atomic mass is 16.7. The minimum absolute atomic E-state index is 0.0166. The van der Waals surface area contributed by atoms with Crippen molar-refractivity contribution in [1.29, 1.82) is 0 Å². The molecule has 7 fully saturated rings. The summed E-state index contributed by atoms with van der Waals surface area (Å²) in [6, 6.07) is 25.9. The van der Waals surface area contributed by atoms with Crippen molar-refractivity contribution in [2.75, 3.05) is 32.7 Å². The number of hydrogen-bond donors (Lipinski definition) is 3. The van der Waals surface area contributed by atoms with E-state index in [4.69, 9.17) is 9.47 Å². The Hall–Kier alpha value is -3.27. The van der Waals surface area contributed by atoms with Crippen molar-refractivity contribution >= 4 is 6.03 Å². The van der Waals surface area contributed by atoms with Crippen molar-refractivity contribution in [2.45, 2.75) is 114 Å². The first-order valence-electron chi connectivity index (χ1n) is 20.7. The smallest absolute Gasteiger partial charge is 0.315 e. The van der Waals surface area contributed by atoms with Gasteiger partial charge in [0, 0.05) is 43.2 Å². The number of amides is 2. The molecule has 0 spiro atoms. The normalized spacial score (nSPS) is 32.7. The molecule has 3 aromatic rings. The number of urea groups is 1. The molecule has 53 heavy (non-hydrogen) atoms. The highest BCUT2D eigenvalue weighted by Crippen LogP contribution is 2.55. The molecule has 0 radical (unpaired) electrons. The number of nitrogens with zero attached hydrogens (tertiary/aromatic N) is 2. The molecule has 0 unspecified atom stereocenters. The molecular formula is C45H58N4O4. The quantitative estimate of drug-likeness (QED) is 0.188. The van der Waals surface area contributed by atoms with Gasteiger partial charge in [0.15, 0.2) is 6.29 Å². The van der Waals surface area contributed by atoms with Crippen molar-refractivity contribution in [1.82, 2.24) is 20.4 Å². The van der Waals surface area contributed by atoms with Crippen LogP contribution in [0.15, 0.2) is 72.8 Å². The number of rotatable bonds is 11. The fourth-order valence-corrected chi connectivity index (χ4v) is 11.3. The Bertz CT molecular complexity index is 1670. The van der Waals surface area contributed by atoms with E-state index in [0.29, 0.717) is 12.6 Å². The first kappa shape index (κ1) is 35.4. The maximum Gasteiger partial charge on any atom is 0.315 e. The van der Waals surface area contributed by atoms with Crippen LogP contribution in [-0.4, -0.2) is 71.3 Å². The molecular weight excluding hydrogens is 661 g/mol. The van der Waals surface area contributed by atoms with Crippen LogP contribution in [0.5, 0.6) is 0 Å². The third-order valence-corrected chi connectivity index (χ3v) is 13.5. The Balaban J connectivity index is 0.855. The standard InChI is InChI=1S/C45H58N4O4/c50-30-31-8-10-37(11-9-31)42-23-41(29-49-18-4-7-40(49)28-48-16-1-2-17-48)52-43(53-42)38-14-12-36(13-15-38)39-6-3-5-32(22-39)27-46-44(51)47-45-24-33-19-34(25-45)21-35(20-33)26-45/h3,5-6,8-15,22,33-35,40-43,50H,1-2,4,7,16-21,23-30H2,(H2,46,47,51)/t33?,34?,35?,40-,41-,42+,43+,45?/m0/s1. The van der Waals surface area contributed by atoms with Gasteiger partial charge in [-0.1, -0.05) is 66.7 Å². The van der Waals surface area contributed by atoms with Crippen molar-refractivity contribution in [3.8, 4) is 11.1 Å². The lowest BCUT2D eigenvalue weighted by Gasteiger charge is -2.56. The Morgan fingerprint density at radius 1 is 0.755 bits per heavy atom. The molecule has 4 aliphatic carbocycles. The van der Waals surface area contributed by atoms with E-state index < -0.39 is 6.29 Å². The van der Waals surface area contributed by atoms with E-state index in [0.717, 1.165) is 89.9 Å². The van der Waals surface area contributed by atoms with Gasteiger partial charge in [0.1, 0.15) is 0 Å². The van der Waals surface area contributed by atoms with Gasteiger partial charge < -0.3 is 30.1 Å². The topological polar surface area (TPSA) is 86.3 Å². The summed E-state index contributed by atoms with van der Waals surface area (Å²) in [7, 11) is 0. The molecule has 8 nitrogen and oxygen atoms in total. The number of nitrogens with one attached hydrogen (secondary N) is 2. The van der Waals surface area contributed by atoms with Gasteiger partial charge in [0.2, 0.25) is 0 Å². The molecule has 2 amide bonds. The maximum atomic E-state index is 13.1. The second kappa shape index (κ2) is 15.5. The SMILES string of the molecule is O=C(NCc1cccc(-c2ccc([C@@H]3O[C@H](CN4CCC[C@H]4CN4CCCC4)C[C@H](c4ccc(CO)cc4)O3)cc2)c1)NC12CC3CC(CC(C3)C1)C2. The van der Waals surface area contributed by atoms with E-state index in [1.165, 1.54) is 64.6 Å². The van der Waals surface area contributed by atoms with Crippen LogP contribution in [0.4, 0.5) is 4.79 Å². The predicted molar refractivity (Wildman–Crippen MR) is 207 cm³/mol. The van der Waals surface area contributed by atoms with Crippen LogP contribution in [0.25, 0.3) is 11.1 Å². The fraction of sp³-hybridized carbons (Fsp3) is 0.578. The largest absolute Gasteiger partial charge is 0.392 e. The lowest BCUT2D eigenvalue weighted by molar-refractivity contribution is -0.253. The maximum absolute atomic E-state index is 13.1. The zero-order chi connectivity index (χ0) is 35.8. The van der Waals surface area contributed by atoms with Crippen LogP contribution in [0.1, 0.15) is 105 Å². The van der Waals surface area contributed by atoms with Gasteiger partial charge in [-0.2, -0.15) is 0 Å². The Labute approximate surface area is 315 Å². The zero-order valence-electron chi connectivity index (χ0n) is 31.3. The molecule has 7 aliphatic rings. The van der Waals surface area contributed by atoms with Crippen LogP contribution in [0.3, 0.4) is 0 Å². The molecule has 3 aliphatic heterocycles. The van der Waals surface area contributed by atoms with Crippen molar-refractivity contribution < 1.29 is 19.4 Å². The number of aliphatic hydroxyl groups is 1. The monoisotopic (exact) mass is 718 g/mol. The van der Waals surface area contributed by atoms with Gasteiger partial charge in [-0.15, -0.1) is 0 Å². The van der Waals surface area contributed by atoms with Crippen molar-refractivity contribution in [3.63, 3.8) is 0 Å². The molecule has 4 atom stereocenters. The second-order valence-electron chi connectivity index (χ2n) is 17.5. The van der Waals surface area contributed by atoms with Gasteiger partial charge in [0.25, 0.3) is 0 Å². The third-order valence-electron chi connectivity index (χ3n) is 13.5. The Kier molecular flexibility index (Phi) is 10.3. The van der Waals surface area contributed by atoms with Gasteiger partial charge in [-0.05, 0) is 135 Å². The average molecular weight is 719 g/mol. The summed E-state index contributed by atoms with van der Waals surface area (Å²) in [6.45, 7) is 6.25. The van der Waals surface area contributed by atoms with E-state index in [2.05, 4.69) is 81.1 Å². The minimum Gasteiger partial charge on any atom is -0.392 e. The summed E-state index contributed by atoms with van der Waals surface area (Å²) in [6.07, 6.45) is 13.1. The van der Waals surface area contributed by atoms with Crippen LogP contribution in [0.2, 0.25) is 0 Å². The molecule has 10 rings (SSSR count). The van der Waals surface area contributed by atoms with Crippen LogP contribution >= 0.6 is 0 Å². The first-order chi connectivity index (χ1) is 26.0. The number of hydrogen-bond acceptors (Lipinski definition) is 6. The summed E-state index contributed by atoms with van der Waals surface area (Å²) < 4.78 is 13.5. The van der Waals surface area contributed by atoms with E-state index in [1.54, 1.807) is 0 Å². The lowest BCUT2D eigenvalue weighted by atomic mass is 9.53. The van der Waals surface area contributed by atoms with Gasteiger partial charge >= 0.3 is 6.03 Å². The molecule has 4 bridgehead atoms. The molecule has 4 saturated carbocycles. The molecule has 0 aromatic heterocycles. The number of ether oxygens (including phenoxy) is 2. The van der Waals surface area contributed by atoms with E-state index in [9.17, 15) is 9.90 Å². The van der Waals surface area contributed by atoms with Gasteiger partial charge in [-0.3, -0.25) is 4.90 Å². The molecule has 3 heterocycles. The number of benzene rings is 3. The average Bonchev–Trinajstić information content (AvgIpc) is 3.86. The molecule has 3 saturated heterocycles. The molecule has 3 aromatic carbocycles. The van der Waals surface area contributed by atoms with Crippen molar-refractivity contribution in [3.05, 3.63) is 95.1 Å². The number of carbonyl (C=O) groups excluding carboxylic acids is 1. The summed E-state index contributed by atoms with van der Waals surface area (Å²) in [5.41, 5.74) is 6.41. The number of aliphatic hydroxyl groups excluding tert-OH is 1. The van der Waals surface area contributed by atoms with Gasteiger partial charge in [-0.25, -0.2) is 4.79 Å². The summed E-state index contributed by atoms with van der Waals surface area (Å²) in [5.74, 6) is 2.42. The summed E-state index contributed by atoms with van der Waals surface area (Å²) in [5, 5.41) is 16.3. The van der Waals surface area contributed by atoms with Crippen LogP contribution in [-0.2, 0) is 22.6 Å². The van der Waals surface area contributed by atoms with Crippen LogP contribution < -0.4 is 10.6 Å². The zero-order valence-corrected chi connectivity index (χ0v) is 31.3. The van der Waals surface area contributed by atoms with Crippen molar-refractivity contribution in [2.24, 2.45) is 17.8 Å². The Morgan fingerprint density at radius 2 is 1.47 bits per heavy atom. The van der Waals surface area contributed by atoms with E-state index in [1.807, 2.05) is 12.1 Å². The number of likely N-dealkylation sites (tertiary alicyclic amines) is 2. The fourth-order valence-electron chi connectivity index (χ4n) is 11.3. The summed E-state index contributed by atoms with van der Waals surface area (Å²) >= 11 is 0. The molecule has 8 heteroatoms. The highest BCUT2D eigenvalue weighted by Gasteiger charge is 2.51. The molecule has 3 N–H and O–H groups in total. The highest BCUT2D eigenvalue weighted by molar-refractivity contribution is 5.75. The molecule has 282 valence electrons. The predicted octanol–water partition coefficient (Wildman–Crippen LogP) is 7.72. The van der Waals surface area contributed by atoms with E-state index >= 15 is 0 Å². The minimum atomic E-state index is -0.465. The lowest BCUT2D eigenvalue weighted by Crippen LogP contribution is -2.61. The first-order valence-corrected chi connectivity index (χ1v) is 20.7. The van der Waals surface area contributed by atoms with Crippen LogP contribution in [0, 0.1) is 17.8 Å².